The highest BCUT2D eigenvalue weighted by atomic mass is 16.5. The Labute approximate surface area is 149 Å². The van der Waals surface area contributed by atoms with Gasteiger partial charge in [-0.2, -0.15) is 0 Å². The van der Waals surface area contributed by atoms with Gasteiger partial charge < -0.3 is 14.9 Å². The van der Waals surface area contributed by atoms with Crippen LogP contribution < -0.4 is 0 Å². The highest BCUT2D eigenvalue weighted by Crippen LogP contribution is 2.24. The van der Waals surface area contributed by atoms with Gasteiger partial charge in [-0.15, -0.1) is 0 Å². The summed E-state index contributed by atoms with van der Waals surface area (Å²) in [6.45, 7) is 9.15. The van der Waals surface area contributed by atoms with Crippen LogP contribution in [0.5, 0.6) is 0 Å². The van der Waals surface area contributed by atoms with Crippen molar-refractivity contribution in [1.82, 2.24) is 0 Å². The van der Waals surface area contributed by atoms with Gasteiger partial charge in [0.15, 0.2) is 0 Å². The van der Waals surface area contributed by atoms with Crippen LogP contribution in [0, 0.1) is 11.3 Å². The standard InChI is InChI=1S/C20H40O4/c1-19(2,16-22)13-9-5-7-11-18(15-21)12-8-6-10-14-20(3,4)24-17-23/h17-18,21-22H,5-16H2,1-4H3. The molecule has 0 aromatic carbocycles. The number of hydrogen-bond acceptors (Lipinski definition) is 4. The number of ether oxygens (including phenoxy) is 1. The highest BCUT2D eigenvalue weighted by Gasteiger charge is 2.18. The summed E-state index contributed by atoms with van der Waals surface area (Å²) in [7, 11) is 0. The molecule has 0 fully saturated rings. The maximum absolute atomic E-state index is 10.4. The highest BCUT2D eigenvalue weighted by molar-refractivity contribution is 5.38. The molecule has 0 aliphatic heterocycles. The summed E-state index contributed by atoms with van der Waals surface area (Å²) in [6.07, 6.45) is 10.9. The van der Waals surface area contributed by atoms with Crippen molar-refractivity contribution in [2.45, 2.75) is 97.5 Å². The molecule has 1 unspecified atom stereocenters. The van der Waals surface area contributed by atoms with Gasteiger partial charge in [0.2, 0.25) is 0 Å². The first-order valence-corrected chi connectivity index (χ1v) is 9.59. The predicted octanol–water partition coefficient (Wildman–Crippen LogP) is 4.47. The largest absolute Gasteiger partial charge is 0.462 e. The molecule has 4 nitrogen and oxygen atoms in total. The average molecular weight is 345 g/mol. The van der Waals surface area contributed by atoms with Crippen LogP contribution in [0.2, 0.25) is 0 Å². The van der Waals surface area contributed by atoms with Crippen molar-refractivity contribution in [1.29, 1.82) is 0 Å². The summed E-state index contributed by atoms with van der Waals surface area (Å²) >= 11 is 0. The normalized spacial score (nSPS) is 13.8. The third kappa shape index (κ3) is 12.8. The van der Waals surface area contributed by atoms with E-state index in [9.17, 15) is 15.0 Å². The lowest BCUT2D eigenvalue weighted by Crippen LogP contribution is -2.23. The van der Waals surface area contributed by atoms with E-state index in [4.69, 9.17) is 4.74 Å². The topological polar surface area (TPSA) is 66.8 Å². The lowest BCUT2D eigenvalue weighted by atomic mass is 9.87. The quantitative estimate of drug-likeness (QED) is 0.320. The molecule has 0 aliphatic carbocycles. The molecule has 0 aromatic heterocycles. The molecule has 0 radical (unpaired) electrons. The Kier molecular flexibility index (Phi) is 12.4. The predicted molar refractivity (Wildman–Crippen MR) is 98.8 cm³/mol. The van der Waals surface area contributed by atoms with Crippen molar-refractivity contribution in [2.75, 3.05) is 13.2 Å². The van der Waals surface area contributed by atoms with Crippen molar-refractivity contribution < 1.29 is 19.7 Å². The molecule has 0 aliphatic rings. The molecule has 0 heterocycles. The fourth-order valence-electron chi connectivity index (χ4n) is 2.97. The molecule has 1 atom stereocenters. The summed E-state index contributed by atoms with van der Waals surface area (Å²) in [5.41, 5.74) is -0.321. The Bertz CT molecular complexity index is 313. The molecular formula is C20H40O4. The van der Waals surface area contributed by atoms with Gasteiger partial charge >= 0.3 is 0 Å². The number of unbranched alkanes of at least 4 members (excludes halogenated alkanes) is 4. The van der Waals surface area contributed by atoms with E-state index in [1.807, 2.05) is 13.8 Å². The van der Waals surface area contributed by atoms with Crippen LogP contribution in [0.25, 0.3) is 0 Å². The molecule has 0 aromatic rings. The molecule has 4 heteroatoms. The van der Waals surface area contributed by atoms with Crippen LogP contribution in [0.3, 0.4) is 0 Å². The first-order valence-electron chi connectivity index (χ1n) is 9.59. The van der Waals surface area contributed by atoms with Crippen LogP contribution in [0.4, 0.5) is 0 Å². The molecule has 144 valence electrons. The fourth-order valence-corrected chi connectivity index (χ4v) is 2.97. The Balaban J connectivity index is 3.68. The third-order valence-corrected chi connectivity index (χ3v) is 4.91. The maximum Gasteiger partial charge on any atom is 0.293 e. The smallest absolute Gasteiger partial charge is 0.293 e. The van der Waals surface area contributed by atoms with Gasteiger partial charge in [-0.1, -0.05) is 46.0 Å². The number of aliphatic hydroxyl groups is 2. The van der Waals surface area contributed by atoms with Gasteiger partial charge in [-0.25, -0.2) is 0 Å². The summed E-state index contributed by atoms with van der Waals surface area (Å²) in [6, 6.07) is 0. The summed E-state index contributed by atoms with van der Waals surface area (Å²) in [4.78, 5) is 10.4. The van der Waals surface area contributed by atoms with E-state index in [0.717, 1.165) is 57.8 Å². The van der Waals surface area contributed by atoms with Crippen LogP contribution in [-0.2, 0) is 9.53 Å². The number of carbonyl (C=O) groups excluding carboxylic acids is 1. The van der Waals surface area contributed by atoms with Crippen LogP contribution >= 0.6 is 0 Å². The Morgan fingerprint density at radius 3 is 1.88 bits per heavy atom. The molecule has 0 saturated carbocycles. The van der Waals surface area contributed by atoms with E-state index in [-0.39, 0.29) is 24.2 Å². The Morgan fingerprint density at radius 1 is 0.875 bits per heavy atom. The minimum atomic E-state index is -0.361. The van der Waals surface area contributed by atoms with Gasteiger partial charge in [0.05, 0.1) is 0 Å². The van der Waals surface area contributed by atoms with Gasteiger partial charge in [0.1, 0.15) is 5.60 Å². The zero-order chi connectivity index (χ0) is 18.5. The van der Waals surface area contributed by atoms with E-state index >= 15 is 0 Å². The minimum absolute atomic E-state index is 0.0394. The molecule has 24 heavy (non-hydrogen) atoms. The van der Waals surface area contributed by atoms with Crippen molar-refractivity contribution in [3.8, 4) is 0 Å². The molecular weight excluding hydrogens is 304 g/mol. The average Bonchev–Trinajstić information content (AvgIpc) is 2.52. The van der Waals surface area contributed by atoms with Gasteiger partial charge in [0.25, 0.3) is 6.47 Å². The lowest BCUT2D eigenvalue weighted by molar-refractivity contribution is -0.140. The Morgan fingerprint density at radius 2 is 1.42 bits per heavy atom. The number of aliphatic hydroxyl groups excluding tert-OH is 2. The van der Waals surface area contributed by atoms with Gasteiger partial charge in [0, 0.05) is 13.2 Å². The van der Waals surface area contributed by atoms with E-state index in [0.29, 0.717) is 12.4 Å². The molecule has 0 amide bonds. The SMILES string of the molecule is CC(C)(CO)CCCCCC(CO)CCCCCC(C)(C)OC=O. The maximum atomic E-state index is 10.4. The fraction of sp³-hybridized carbons (Fsp3) is 0.950. The van der Waals surface area contributed by atoms with Crippen molar-refractivity contribution in [3.05, 3.63) is 0 Å². The molecule has 0 bridgehead atoms. The van der Waals surface area contributed by atoms with Crippen molar-refractivity contribution in [3.63, 3.8) is 0 Å². The van der Waals surface area contributed by atoms with Crippen molar-refractivity contribution in [2.24, 2.45) is 11.3 Å². The molecule has 0 rings (SSSR count). The summed E-state index contributed by atoms with van der Waals surface area (Å²) in [5.74, 6) is 0.412. The van der Waals surface area contributed by atoms with E-state index in [1.165, 1.54) is 6.42 Å². The van der Waals surface area contributed by atoms with Crippen LogP contribution in [0.1, 0.15) is 91.9 Å². The minimum Gasteiger partial charge on any atom is -0.462 e. The first kappa shape index (κ1) is 23.4. The second-order valence-corrected chi connectivity index (χ2v) is 8.54. The molecule has 0 spiro atoms. The van der Waals surface area contributed by atoms with E-state index in [1.54, 1.807) is 0 Å². The zero-order valence-corrected chi connectivity index (χ0v) is 16.4. The molecule has 2 N–H and O–H groups in total. The number of hydrogen-bond donors (Lipinski definition) is 2. The third-order valence-electron chi connectivity index (χ3n) is 4.91. The second kappa shape index (κ2) is 12.7. The second-order valence-electron chi connectivity index (χ2n) is 8.54. The zero-order valence-electron chi connectivity index (χ0n) is 16.4. The number of carbonyl (C=O) groups is 1. The molecule has 0 saturated heterocycles. The van der Waals surface area contributed by atoms with E-state index < -0.39 is 0 Å². The van der Waals surface area contributed by atoms with Gasteiger partial charge in [-0.05, 0) is 57.3 Å². The Hall–Kier alpha value is -0.610. The van der Waals surface area contributed by atoms with Crippen LogP contribution in [-0.4, -0.2) is 35.5 Å². The van der Waals surface area contributed by atoms with Crippen molar-refractivity contribution >= 4 is 6.47 Å². The monoisotopic (exact) mass is 344 g/mol. The summed E-state index contributed by atoms with van der Waals surface area (Å²) < 4.78 is 5.05. The first-order chi connectivity index (χ1) is 11.3. The number of rotatable bonds is 16. The lowest BCUT2D eigenvalue weighted by Gasteiger charge is -2.22. The summed E-state index contributed by atoms with van der Waals surface area (Å²) in [5, 5.41) is 18.8. The van der Waals surface area contributed by atoms with Gasteiger partial charge in [-0.3, -0.25) is 4.79 Å². The van der Waals surface area contributed by atoms with E-state index in [2.05, 4.69) is 13.8 Å². The van der Waals surface area contributed by atoms with Crippen LogP contribution in [0.15, 0.2) is 0 Å².